The molecule has 4 atom stereocenters. The molecule has 1 spiro atoms. The second-order valence-corrected chi connectivity index (χ2v) is 15.7. The van der Waals surface area contributed by atoms with Crippen LogP contribution in [0.15, 0.2) is 30.2 Å². The van der Waals surface area contributed by atoms with Crippen LogP contribution in [0.3, 0.4) is 0 Å². The van der Waals surface area contributed by atoms with Crippen molar-refractivity contribution in [3.63, 3.8) is 0 Å². The zero-order valence-electron chi connectivity index (χ0n) is 24.2. The van der Waals surface area contributed by atoms with Gasteiger partial charge in [0.05, 0.1) is 16.6 Å². The Labute approximate surface area is 257 Å². The van der Waals surface area contributed by atoms with E-state index in [1.165, 1.54) is 0 Å². The molecule has 1 aliphatic heterocycles. The number of rotatable bonds is 6. The Morgan fingerprint density at radius 1 is 1.14 bits per heavy atom. The standard InChI is InChI=1S/C32H31ClN3O7P/c1-14-8-35-27-21(43-44(40,41)42)4-18-19(3-16(7-33)24(18)23(14)27)28(38)30-11-31(12-30,13-30)29(39)36-10-17-6-32(17)22(36)5-20(37)26-25(32)15(2)9-34-26/h4-5,8-9,16-17,19,34-35H,3,6-7,10-13H2,1-2H3,(H2,40,41,42)/t16-,17+,19?,30?,31?,32?/m0/s1. The van der Waals surface area contributed by atoms with E-state index in [2.05, 4.69) is 9.97 Å². The van der Waals surface area contributed by atoms with Crippen LogP contribution in [0.25, 0.3) is 10.9 Å². The normalized spacial score (nSPS) is 34.0. The molecular formula is C32H31ClN3O7P. The van der Waals surface area contributed by atoms with Gasteiger partial charge in [-0.2, -0.15) is 0 Å². The van der Waals surface area contributed by atoms with Gasteiger partial charge in [-0.15, -0.1) is 11.6 Å². The Hall–Kier alpha value is -3.17. The van der Waals surface area contributed by atoms with Crippen LogP contribution in [0.1, 0.15) is 82.2 Å². The molecule has 2 bridgehead atoms. The minimum Gasteiger partial charge on any atom is -0.402 e. The molecule has 228 valence electrons. The number of piperidine rings is 1. The molecule has 1 saturated heterocycles. The summed E-state index contributed by atoms with van der Waals surface area (Å²) in [5.41, 5.74) is 5.12. The van der Waals surface area contributed by atoms with Crippen LogP contribution in [0.2, 0.25) is 0 Å². The number of phosphoric acid groups is 1. The van der Waals surface area contributed by atoms with Gasteiger partial charge in [-0.1, -0.05) is 0 Å². The van der Waals surface area contributed by atoms with Crippen molar-refractivity contribution < 1.29 is 33.3 Å². The minimum absolute atomic E-state index is 0.00935. The van der Waals surface area contributed by atoms with Gasteiger partial charge in [0.25, 0.3) is 0 Å². The minimum atomic E-state index is -4.86. The number of phosphoric ester groups is 1. The molecule has 2 unspecified atom stereocenters. The summed E-state index contributed by atoms with van der Waals surface area (Å²) in [6.45, 7) is 4.51. The van der Waals surface area contributed by atoms with E-state index in [-0.39, 0.29) is 34.6 Å². The molecular weight excluding hydrogens is 605 g/mol. The number of carbonyl (C=O) groups excluding carboxylic acids is 3. The quantitative estimate of drug-likeness (QED) is 0.219. The van der Waals surface area contributed by atoms with E-state index in [0.29, 0.717) is 60.8 Å². The van der Waals surface area contributed by atoms with E-state index in [1.807, 2.05) is 24.9 Å². The number of allylic oxidation sites excluding steroid dienone is 2. The van der Waals surface area contributed by atoms with Gasteiger partial charge in [-0.05, 0) is 91.7 Å². The van der Waals surface area contributed by atoms with E-state index in [4.69, 9.17) is 16.1 Å². The first-order valence-electron chi connectivity index (χ1n) is 15.1. The first-order chi connectivity index (χ1) is 20.8. The van der Waals surface area contributed by atoms with Crippen LogP contribution in [-0.2, 0) is 19.6 Å². The summed E-state index contributed by atoms with van der Waals surface area (Å²) in [7, 11) is -4.86. The predicted octanol–water partition coefficient (Wildman–Crippen LogP) is 5.01. The molecule has 10 nitrogen and oxygen atoms in total. The lowest BCUT2D eigenvalue weighted by Crippen LogP contribution is -2.71. The fraction of sp³-hybridized carbons (Fsp3) is 0.469. The van der Waals surface area contributed by atoms with Gasteiger partial charge in [0.1, 0.15) is 5.78 Å². The van der Waals surface area contributed by atoms with Gasteiger partial charge in [0, 0.05) is 58.7 Å². The number of amides is 1. The maximum Gasteiger partial charge on any atom is 0.524 e. The second-order valence-electron chi connectivity index (χ2n) is 14.2. The van der Waals surface area contributed by atoms with Crippen LogP contribution in [0.5, 0.6) is 5.75 Å². The number of benzene rings is 1. The van der Waals surface area contributed by atoms with Crippen molar-refractivity contribution in [2.45, 2.75) is 63.2 Å². The molecule has 2 aromatic heterocycles. The Kier molecular flexibility index (Phi) is 5.03. The molecule has 4 saturated carbocycles. The van der Waals surface area contributed by atoms with Crippen LogP contribution >= 0.6 is 19.4 Å². The molecule has 6 aliphatic carbocycles. The van der Waals surface area contributed by atoms with E-state index in [0.717, 1.165) is 39.8 Å². The van der Waals surface area contributed by atoms with E-state index in [9.17, 15) is 28.7 Å². The van der Waals surface area contributed by atoms with Gasteiger partial charge in [-0.3, -0.25) is 24.2 Å². The number of H-pyrrole nitrogens is 2. The van der Waals surface area contributed by atoms with E-state index < -0.39 is 24.6 Å². The zero-order chi connectivity index (χ0) is 30.7. The number of aromatic amines is 2. The fourth-order valence-corrected chi connectivity index (χ4v) is 10.7. The number of aromatic nitrogens is 2. The van der Waals surface area contributed by atoms with Crippen LogP contribution in [0, 0.1) is 30.6 Å². The smallest absolute Gasteiger partial charge is 0.402 e. The number of fused-ring (bicyclic) bond motifs is 4. The highest BCUT2D eigenvalue weighted by molar-refractivity contribution is 7.46. The van der Waals surface area contributed by atoms with Gasteiger partial charge in [0.2, 0.25) is 11.7 Å². The molecule has 12 heteroatoms. The van der Waals surface area contributed by atoms with Crippen LogP contribution in [-0.4, -0.2) is 54.6 Å². The molecule has 5 fully saturated rings. The summed E-state index contributed by atoms with van der Waals surface area (Å²) in [6, 6.07) is 1.59. The Balaban J connectivity index is 1.00. The molecule has 7 aliphatic rings. The number of Topliss-reactive ketones (excluding diaryl/α,β-unsaturated/α-hetero) is 1. The highest BCUT2D eigenvalue weighted by Crippen LogP contribution is 2.77. The summed E-state index contributed by atoms with van der Waals surface area (Å²) < 4.78 is 16.9. The molecule has 0 radical (unpaired) electrons. The Morgan fingerprint density at radius 2 is 1.86 bits per heavy atom. The maximum atomic E-state index is 14.3. The SMILES string of the molecule is Cc1c[nH]c2c1C13C[C@@H]1CN(C(=O)C14CC(C(=O)C5C[C@@H](CCl)c6c5cc(OP(=O)(O)O)c5[nH]cc(C)c65)(C1)C4)C3=CC2=O. The van der Waals surface area contributed by atoms with Crippen LogP contribution < -0.4 is 4.52 Å². The number of hydrogen-bond donors (Lipinski definition) is 4. The van der Waals surface area contributed by atoms with E-state index >= 15 is 0 Å². The lowest BCUT2D eigenvalue weighted by atomic mass is 9.32. The molecule has 3 heterocycles. The Morgan fingerprint density at radius 3 is 2.57 bits per heavy atom. The zero-order valence-corrected chi connectivity index (χ0v) is 25.8. The summed E-state index contributed by atoms with van der Waals surface area (Å²) >= 11 is 6.44. The lowest BCUT2D eigenvalue weighted by Gasteiger charge is -2.69. The summed E-state index contributed by atoms with van der Waals surface area (Å²) in [6.07, 6.45) is 8.18. The monoisotopic (exact) mass is 635 g/mol. The van der Waals surface area contributed by atoms with Gasteiger partial charge < -0.3 is 19.4 Å². The number of hydrogen-bond acceptors (Lipinski definition) is 5. The lowest BCUT2D eigenvalue weighted by molar-refractivity contribution is -0.213. The first kappa shape index (κ1) is 27.2. The first-order valence-corrected chi connectivity index (χ1v) is 17.2. The number of ketones is 2. The van der Waals surface area contributed by atoms with Crippen molar-refractivity contribution in [3.05, 3.63) is 63.7 Å². The molecule has 1 amide bonds. The number of aryl methyl sites for hydroxylation is 2. The molecule has 1 aromatic carbocycles. The number of nitrogens with one attached hydrogen (secondary N) is 2. The highest BCUT2D eigenvalue weighted by Gasteiger charge is 2.77. The number of carbonyl (C=O) groups is 3. The molecule has 4 N–H and O–H groups in total. The van der Waals surface area contributed by atoms with Gasteiger partial charge in [0.15, 0.2) is 5.75 Å². The number of halogens is 1. The van der Waals surface area contributed by atoms with Crippen LogP contribution in [0.4, 0.5) is 0 Å². The average molecular weight is 636 g/mol. The van der Waals surface area contributed by atoms with Crippen molar-refractivity contribution in [2.75, 3.05) is 12.4 Å². The maximum absolute atomic E-state index is 14.3. The topological polar surface area (TPSA) is 153 Å². The number of nitrogens with zero attached hydrogens (tertiary/aromatic N) is 1. The third-order valence-corrected chi connectivity index (χ3v) is 12.6. The second kappa shape index (κ2) is 8.15. The fourth-order valence-electron chi connectivity index (χ4n) is 10.0. The largest absolute Gasteiger partial charge is 0.524 e. The highest BCUT2D eigenvalue weighted by atomic mass is 35.5. The number of likely N-dealkylation sites (tertiary alicyclic amines) is 1. The van der Waals surface area contributed by atoms with Gasteiger partial charge >= 0.3 is 7.82 Å². The summed E-state index contributed by atoms with van der Waals surface area (Å²) in [5.74, 6) is 0.0198. The molecule has 3 aromatic rings. The Bertz CT molecular complexity index is 1970. The average Bonchev–Trinajstić information content (AvgIpc) is 3.29. The molecule has 44 heavy (non-hydrogen) atoms. The summed E-state index contributed by atoms with van der Waals surface area (Å²) in [4.78, 5) is 68.6. The van der Waals surface area contributed by atoms with Crippen molar-refractivity contribution in [1.29, 1.82) is 0 Å². The van der Waals surface area contributed by atoms with E-state index in [1.54, 1.807) is 18.3 Å². The third kappa shape index (κ3) is 3.15. The van der Waals surface area contributed by atoms with Crippen molar-refractivity contribution in [2.24, 2.45) is 16.7 Å². The predicted molar refractivity (Wildman–Crippen MR) is 160 cm³/mol. The van der Waals surface area contributed by atoms with Crippen molar-refractivity contribution in [3.8, 4) is 5.75 Å². The number of alkyl halides is 1. The molecule has 10 rings (SSSR count). The van der Waals surface area contributed by atoms with Gasteiger partial charge in [-0.25, -0.2) is 4.57 Å². The third-order valence-electron chi connectivity index (χ3n) is 11.8. The van der Waals surface area contributed by atoms with Crippen molar-refractivity contribution >= 4 is 47.8 Å². The van der Waals surface area contributed by atoms with Crippen molar-refractivity contribution in [1.82, 2.24) is 14.9 Å². The summed E-state index contributed by atoms with van der Waals surface area (Å²) in [5, 5.41) is 0.786.